The molecule has 2 aliphatic rings. The Morgan fingerprint density at radius 2 is 1.94 bits per heavy atom. The first-order chi connectivity index (χ1) is 14.8. The second-order valence-electron chi connectivity index (χ2n) is 8.01. The van der Waals surface area contributed by atoms with Crippen molar-refractivity contribution in [3.05, 3.63) is 57.9 Å². The lowest BCUT2D eigenvalue weighted by Crippen LogP contribution is -2.46. The van der Waals surface area contributed by atoms with E-state index in [-0.39, 0.29) is 12.3 Å². The van der Waals surface area contributed by atoms with Crippen LogP contribution in [0.1, 0.15) is 63.0 Å². The number of aromatic amines is 1. The fraction of sp³-hybridized carbons (Fsp3) is 0.391. The van der Waals surface area contributed by atoms with Gasteiger partial charge in [-0.15, -0.1) is 0 Å². The van der Waals surface area contributed by atoms with Gasteiger partial charge in [-0.05, 0) is 56.7 Å². The molecule has 0 bridgehead atoms. The molecule has 162 valence electrons. The van der Waals surface area contributed by atoms with Crippen molar-refractivity contribution in [2.24, 2.45) is 0 Å². The van der Waals surface area contributed by atoms with Crippen molar-refractivity contribution in [1.82, 2.24) is 15.2 Å². The Morgan fingerprint density at radius 1 is 1.19 bits per heavy atom. The Kier molecular flexibility index (Phi) is 5.16. The van der Waals surface area contributed by atoms with Crippen LogP contribution in [0.3, 0.4) is 0 Å². The quantitative estimate of drug-likeness (QED) is 0.437. The number of nitrogens with one attached hydrogen (secondary N) is 2. The number of hydrogen-bond acceptors (Lipinski definition) is 5. The summed E-state index contributed by atoms with van der Waals surface area (Å²) in [7, 11) is 0. The maximum atomic E-state index is 13.4. The molecule has 0 unspecified atom stereocenters. The molecule has 2 N–H and O–H groups in total. The van der Waals surface area contributed by atoms with Crippen LogP contribution >= 0.6 is 0 Å². The number of imide groups is 1. The molecule has 1 atom stereocenters. The van der Waals surface area contributed by atoms with E-state index in [1.165, 1.54) is 0 Å². The van der Waals surface area contributed by atoms with E-state index in [9.17, 15) is 19.2 Å². The van der Waals surface area contributed by atoms with Crippen molar-refractivity contribution >= 4 is 23.7 Å². The number of carbonyl (C=O) groups excluding carboxylic acids is 4. The molecule has 8 heteroatoms. The summed E-state index contributed by atoms with van der Waals surface area (Å²) >= 11 is 0. The molecule has 8 nitrogen and oxygen atoms in total. The maximum absolute atomic E-state index is 13.4. The van der Waals surface area contributed by atoms with Gasteiger partial charge in [0.15, 0.2) is 5.78 Å². The van der Waals surface area contributed by atoms with Crippen LogP contribution in [0.4, 0.5) is 4.79 Å². The normalized spacial score (nSPS) is 20.0. The number of hydrogen-bond donors (Lipinski definition) is 2. The summed E-state index contributed by atoms with van der Waals surface area (Å²) in [4.78, 5) is 55.2. The Morgan fingerprint density at radius 3 is 2.68 bits per heavy atom. The average molecular weight is 423 g/mol. The topological polar surface area (TPSA) is 109 Å². The van der Waals surface area contributed by atoms with Crippen LogP contribution in [0.15, 0.2) is 24.3 Å². The second-order valence-corrected chi connectivity index (χ2v) is 8.01. The number of H-pyrrole nitrogens is 1. The van der Waals surface area contributed by atoms with E-state index < -0.39 is 35.8 Å². The van der Waals surface area contributed by atoms with Gasteiger partial charge >= 0.3 is 12.0 Å². The standard InChI is InChI=1S/C23H25N3O5/c1-4-31-20(28)18-13(2)19(24-14(18)3)17(27)12-26-21(29)23(25-22(26)30)11-7-9-15-8-5-6-10-16(15)23/h5-6,8,10,24H,4,7,9,11-12H2,1-3H3,(H,25,30)/t23-/m1/s1. The summed E-state index contributed by atoms with van der Waals surface area (Å²) in [6.07, 6.45) is 2.10. The molecule has 3 amide bonds. The van der Waals surface area contributed by atoms with E-state index in [0.29, 0.717) is 23.2 Å². The predicted molar refractivity (Wildman–Crippen MR) is 112 cm³/mol. The summed E-state index contributed by atoms with van der Waals surface area (Å²) in [6.45, 7) is 4.85. The number of nitrogens with zero attached hydrogens (tertiary/aromatic N) is 1. The Bertz CT molecular complexity index is 1100. The lowest BCUT2D eigenvalue weighted by Gasteiger charge is -2.33. The molecule has 0 saturated carbocycles. The number of carbonyl (C=O) groups is 4. The van der Waals surface area contributed by atoms with Gasteiger partial charge in [0.2, 0.25) is 0 Å². The Hall–Kier alpha value is -3.42. The Labute approximate surface area is 179 Å². The van der Waals surface area contributed by atoms with Crippen molar-refractivity contribution in [1.29, 1.82) is 0 Å². The van der Waals surface area contributed by atoms with Crippen LogP contribution in [0.2, 0.25) is 0 Å². The van der Waals surface area contributed by atoms with Gasteiger partial charge in [-0.1, -0.05) is 24.3 Å². The molecule has 4 rings (SSSR count). The highest BCUT2D eigenvalue weighted by Gasteiger charge is 2.54. The third kappa shape index (κ3) is 3.22. The van der Waals surface area contributed by atoms with Crippen molar-refractivity contribution < 1.29 is 23.9 Å². The number of esters is 1. The van der Waals surface area contributed by atoms with Crippen LogP contribution in [-0.2, 0) is 21.5 Å². The molecular formula is C23H25N3O5. The third-order valence-corrected chi connectivity index (χ3v) is 6.15. The number of rotatable bonds is 5. The van der Waals surface area contributed by atoms with Gasteiger partial charge in [0.25, 0.3) is 5.91 Å². The molecular weight excluding hydrogens is 398 g/mol. The van der Waals surface area contributed by atoms with Gasteiger partial charge in [0.1, 0.15) is 5.54 Å². The summed E-state index contributed by atoms with van der Waals surface area (Å²) in [5.74, 6) is -1.37. The third-order valence-electron chi connectivity index (χ3n) is 6.15. The number of fused-ring (bicyclic) bond motifs is 2. The zero-order chi connectivity index (χ0) is 22.3. The number of ether oxygens (including phenoxy) is 1. The minimum Gasteiger partial charge on any atom is -0.462 e. The second kappa shape index (κ2) is 7.68. The number of aryl methyl sites for hydroxylation is 2. The summed E-state index contributed by atoms with van der Waals surface area (Å²) in [6, 6.07) is 7.01. The minimum atomic E-state index is -1.12. The predicted octanol–water partition coefficient (Wildman–Crippen LogP) is 2.77. The monoisotopic (exact) mass is 423 g/mol. The first-order valence-corrected chi connectivity index (χ1v) is 10.4. The molecule has 1 aromatic heterocycles. The number of aromatic nitrogens is 1. The lowest BCUT2D eigenvalue weighted by molar-refractivity contribution is -0.131. The highest BCUT2D eigenvalue weighted by Crippen LogP contribution is 2.40. The zero-order valence-corrected chi connectivity index (χ0v) is 17.8. The maximum Gasteiger partial charge on any atom is 0.340 e. The molecule has 1 aliphatic heterocycles. The van der Waals surface area contributed by atoms with E-state index in [2.05, 4.69) is 10.3 Å². The summed E-state index contributed by atoms with van der Waals surface area (Å²) in [5, 5.41) is 2.85. The van der Waals surface area contributed by atoms with Crippen LogP contribution in [0, 0.1) is 13.8 Å². The number of benzene rings is 1. The van der Waals surface area contributed by atoms with Gasteiger partial charge in [-0.25, -0.2) is 9.59 Å². The average Bonchev–Trinajstić information content (AvgIpc) is 3.16. The molecule has 1 aromatic carbocycles. The fourth-order valence-electron chi connectivity index (χ4n) is 4.72. The van der Waals surface area contributed by atoms with E-state index in [0.717, 1.165) is 28.9 Å². The number of urea groups is 1. The molecule has 2 heterocycles. The van der Waals surface area contributed by atoms with Gasteiger partial charge in [0, 0.05) is 5.69 Å². The first-order valence-electron chi connectivity index (χ1n) is 10.4. The molecule has 0 radical (unpaired) electrons. The minimum absolute atomic E-state index is 0.200. The summed E-state index contributed by atoms with van der Waals surface area (Å²) < 4.78 is 5.06. The Balaban J connectivity index is 1.61. The molecule has 1 fully saturated rings. The van der Waals surface area contributed by atoms with E-state index in [1.54, 1.807) is 20.8 Å². The first kappa shape index (κ1) is 20.8. The van der Waals surface area contributed by atoms with Gasteiger partial charge in [-0.3, -0.25) is 14.5 Å². The lowest BCUT2D eigenvalue weighted by atomic mass is 9.76. The number of Topliss-reactive ketones (excluding diaryl/α,β-unsaturated/α-hetero) is 1. The van der Waals surface area contributed by atoms with Crippen molar-refractivity contribution in [3.63, 3.8) is 0 Å². The van der Waals surface area contributed by atoms with Crippen LogP contribution in [-0.4, -0.2) is 46.7 Å². The highest BCUT2D eigenvalue weighted by atomic mass is 16.5. The van der Waals surface area contributed by atoms with Crippen LogP contribution in [0.25, 0.3) is 0 Å². The van der Waals surface area contributed by atoms with Crippen molar-refractivity contribution in [3.8, 4) is 0 Å². The summed E-state index contributed by atoms with van der Waals surface area (Å²) in [5.41, 5.74) is 2.17. The highest BCUT2D eigenvalue weighted by molar-refractivity contribution is 6.12. The van der Waals surface area contributed by atoms with Crippen molar-refractivity contribution in [2.45, 2.75) is 45.6 Å². The largest absolute Gasteiger partial charge is 0.462 e. The molecule has 1 aliphatic carbocycles. The van der Waals surface area contributed by atoms with Gasteiger partial charge in [0.05, 0.1) is 24.4 Å². The molecule has 1 saturated heterocycles. The van der Waals surface area contributed by atoms with E-state index in [1.807, 2.05) is 24.3 Å². The fourth-order valence-corrected chi connectivity index (χ4v) is 4.72. The van der Waals surface area contributed by atoms with E-state index >= 15 is 0 Å². The van der Waals surface area contributed by atoms with E-state index in [4.69, 9.17) is 4.74 Å². The van der Waals surface area contributed by atoms with Crippen LogP contribution < -0.4 is 5.32 Å². The van der Waals surface area contributed by atoms with Gasteiger partial charge in [-0.2, -0.15) is 0 Å². The molecule has 2 aromatic rings. The SMILES string of the molecule is CCOC(=O)c1c(C)[nH]c(C(=O)CN2C(=O)N[C@@]3(CCCc4ccccc43)C2=O)c1C. The van der Waals surface area contributed by atoms with Gasteiger partial charge < -0.3 is 15.0 Å². The molecule has 31 heavy (non-hydrogen) atoms. The smallest absolute Gasteiger partial charge is 0.340 e. The molecule has 1 spiro atoms. The zero-order valence-electron chi connectivity index (χ0n) is 17.8. The number of amides is 3. The van der Waals surface area contributed by atoms with Crippen LogP contribution in [0.5, 0.6) is 0 Å². The number of ketones is 1. The van der Waals surface area contributed by atoms with Crippen molar-refractivity contribution in [2.75, 3.05) is 13.2 Å².